The average molecular weight is 246 g/mol. The van der Waals surface area contributed by atoms with Gasteiger partial charge in [-0.3, -0.25) is 9.59 Å². The second-order valence-electron chi connectivity index (χ2n) is 3.52. The lowest BCUT2D eigenvalue weighted by molar-refractivity contribution is -0.137. The Morgan fingerprint density at radius 2 is 2.00 bits per heavy atom. The number of carbonyl (C=O) groups excluding carboxylic acids is 1. The lowest BCUT2D eigenvalue weighted by Crippen LogP contribution is -2.12. The van der Waals surface area contributed by atoms with Gasteiger partial charge in [0, 0.05) is 5.56 Å². The van der Waals surface area contributed by atoms with Gasteiger partial charge in [0.05, 0.1) is 6.20 Å². The van der Waals surface area contributed by atoms with Crippen molar-refractivity contribution in [1.82, 2.24) is 15.0 Å². The minimum absolute atomic E-state index is 0.213. The zero-order valence-corrected chi connectivity index (χ0v) is 9.28. The van der Waals surface area contributed by atoms with E-state index < -0.39 is 5.97 Å². The Kier molecular flexibility index (Phi) is 3.33. The van der Waals surface area contributed by atoms with Crippen molar-refractivity contribution in [2.24, 2.45) is 0 Å². The first-order chi connectivity index (χ1) is 8.65. The molecule has 0 aliphatic carbocycles. The van der Waals surface area contributed by atoms with Gasteiger partial charge in [0.2, 0.25) is 0 Å². The quantitative estimate of drug-likeness (QED) is 0.824. The first-order valence-electron chi connectivity index (χ1n) is 5.13. The summed E-state index contributed by atoms with van der Waals surface area (Å²) in [5, 5.41) is 18.3. The number of aliphatic carboxylic acids is 1. The molecule has 1 aromatic heterocycles. The van der Waals surface area contributed by atoms with E-state index in [-0.39, 0.29) is 18.3 Å². The lowest BCUT2D eigenvalue weighted by atomic mass is 10.2. The number of aromatic nitrogens is 3. The molecular weight excluding hydrogens is 236 g/mol. The number of hydrogen-bond donors (Lipinski definition) is 2. The zero-order valence-electron chi connectivity index (χ0n) is 9.28. The predicted octanol–water partition coefficient (Wildman–Crippen LogP) is 0.615. The van der Waals surface area contributed by atoms with Gasteiger partial charge in [-0.15, -0.1) is 5.10 Å². The van der Waals surface area contributed by atoms with E-state index in [1.54, 1.807) is 30.3 Å². The maximum Gasteiger partial charge on any atom is 0.325 e. The number of carboxylic acids is 1. The largest absolute Gasteiger partial charge is 0.480 e. The third-order valence-corrected chi connectivity index (χ3v) is 2.11. The first kappa shape index (κ1) is 11.8. The van der Waals surface area contributed by atoms with Crippen molar-refractivity contribution in [3.05, 3.63) is 42.1 Å². The Bertz CT molecular complexity index is 565. The van der Waals surface area contributed by atoms with E-state index in [1.807, 2.05) is 0 Å². The molecule has 2 aromatic rings. The fourth-order valence-electron chi connectivity index (χ4n) is 1.35. The summed E-state index contributed by atoms with van der Waals surface area (Å²) in [7, 11) is 0. The highest BCUT2D eigenvalue weighted by molar-refractivity contribution is 6.03. The van der Waals surface area contributed by atoms with Crippen LogP contribution in [-0.4, -0.2) is 32.0 Å². The molecule has 0 atom stereocenters. The summed E-state index contributed by atoms with van der Waals surface area (Å²) in [4.78, 5) is 22.2. The van der Waals surface area contributed by atoms with Crippen LogP contribution < -0.4 is 5.32 Å². The van der Waals surface area contributed by atoms with E-state index in [1.165, 1.54) is 6.20 Å². The van der Waals surface area contributed by atoms with Crippen LogP contribution >= 0.6 is 0 Å². The Balaban J connectivity index is 2.04. The zero-order chi connectivity index (χ0) is 13.0. The first-order valence-corrected chi connectivity index (χ1v) is 5.13. The van der Waals surface area contributed by atoms with Crippen molar-refractivity contribution in [3.8, 4) is 0 Å². The molecule has 0 unspecified atom stereocenters. The summed E-state index contributed by atoms with van der Waals surface area (Å²) in [6.45, 7) is -0.297. The van der Waals surface area contributed by atoms with Gasteiger partial charge < -0.3 is 10.4 Å². The van der Waals surface area contributed by atoms with Gasteiger partial charge in [0.15, 0.2) is 5.82 Å². The van der Waals surface area contributed by atoms with Gasteiger partial charge in [-0.2, -0.15) is 0 Å². The van der Waals surface area contributed by atoms with E-state index in [9.17, 15) is 9.59 Å². The van der Waals surface area contributed by atoms with Gasteiger partial charge in [-0.1, -0.05) is 23.4 Å². The summed E-state index contributed by atoms with van der Waals surface area (Å²) in [5.74, 6) is -1.14. The SMILES string of the molecule is O=C(O)Cn1cc(NC(=O)c2ccccc2)nn1. The molecule has 0 aliphatic rings. The second kappa shape index (κ2) is 5.09. The van der Waals surface area contributed by atoms with Crippen molar-refractivity contribution in [1.29, 1.82) is 0 Å². The van der Waals surface area contributed by atoms with E-state index in [0.29, 0.717) is 5.56 Å². The number of rotatable bonds is 4. The molecule has 0 aliphatic heterocycles. The van der Waals surface area contributed by atoms with Crippen molar-refractivity contribution in [2.45, 2.75) is 6.54 Å². The number of anilines is 1. The highest BCUT2D eigenvalue weighted by atomic mass is 16.4. The number of nitrogens with one attached hydrogen (secondary N) is 1. The van der Waals surface area contributed by atoms with Gasteiger partial charge in [-0.05, 0) is 12.1 Å². The number of carbonyl (C=O) groups is 2. The molecule has 2 N–H and O–H groups in total. The van der Waals surface area contributed by atoms with E-state index in [0.717, 1.165) is 4.68 Å². The normalized spacial score (nSPS) is 10.0. The lowest BCUT2D eigenvalue weighted by Gasteiger charge is -2.00. The van der Waals surface area contributed by atoms with Crippen LogP contribution in [-0.2, 0) is 11.3 Å². The van der Waals surface area contributed by atoms with E-state index >= 15 is 0 Å². The smallest absolute Gasteiger partial charge is 0.325 e. The predicted molar refractivity (Wildman–Crippen MR) is 62.1 cm³/mol. The number of nitrogens with zero attached hydrogens (tertiary/aromatic N) is 3. The van der Waals surface area contributed by atoms with Crippen molar-refractivity contribution < 1.29 is 14.7 Å². The molecular formula is C11H10N4O3. The van der Waals surface area contributed by atoms with Crippen LogP contribution in [0.15, 0.2) is 36.5 Å². The number of amides is 1. The average Bonchev–Trinajstić information content (AvgIpc) is 2.76. The highest BCUT2D eigenvalue weighted by Gasteiger charge is 2.09. The summed E-state index contributed by atoms with van der Waals surface area (Å²) in [6.07, 6.45) is 1.36. The minimum atomic E-state index is -1.03. The summed E-state index contributed by atoms with van der Waals surface area (Å²) < 4.78 is 1.13. The molecule has 7 heteroatoms. The Labute approximate surface area is 102 Å². The molecule has 0 radical (unpaired) electrons. The molecule has 18 heavy (non-hydrogen) atoms. The molecule has 2 rings (SSSR count). The van der Waals surface area contributed by atoms with Crippen LogP contribution in [0.3, 0.4) is 0 Å². The topological polar surface area (TPSA) is 97.1 Å². The van der Waals surface area contributed by atoms with Crippen LogP contribution in [0.2, 0.25) is 0 Å². The minimum Gasteiger partial charge on any atom is -0.480 e. The molecule has 0 saturated carbocycles. The molecule has 0 saturated heterocycles. The fraction of sp³-hybridized carbons (Fsp3) is 0.0909. The molecule has 1 heterocycles. The highest BCUT2D eigenvalue weighted by Crippen LogP contribution is 2.05. The summed E-state index contributed by atoms with van der Waals surface area (Å²) in [5.41, 5.74) is 0.491. The van der Waals surface area contributed by atoms with E-state index in [2.05, 4.69) is 15.6 Å². The van der Waals surface area contributed by atoms with Crippen LogP contribution in [0.5, 0.6) is 0 Å². The Hall–Kier alpha value is -2.70. The molecule has 1 aromatic carbocycles. The van der Waals surface area contributed by atoms with Gasteiger partial charge in [0.25, 0.3) is 5.91 Å². The molecule has 7 nitrogen and oxygen atoms in total. The van der Waals surface area contributed by atoms with Crippen LogP contribution in [0, 0.1) is 0 Å². The third-order valence-electron chi connectivity index (χ3n) is 2.11. The third kappa shape index (κ3) is 2.91. The number of carboxylic acid groups (broad SMARTS) is 1. The standard InChI is InChI=1S/C11H10N4O3/c16-10(17)7-15-6-9(13-14-15)12-11(18)8-4-2-1-3-5-8/h1-6H,7H2,(H,12,18)(H,16,17). The molecule has 1 amide bonds. The maximum absolute atomic E-state index is 11.7. The molecule has 0 bridgehead atoms. The second-order valence-corrected chi connectivity index (χ2v) is 3.52. The van der Waals surface area contributed by atoms with Crippen LogP contribution in [0.25, 0.3) is 0 Å². The van der Waals surface area contributed by atoms with Gasteiger partial charge in [-0.25, -0.2) is 4.68 Å². The van der Waals surface area contributed by atoms with Crippen LogP contribution in [0.4, 0.5) is 5.82 Å². The van der Waals surface area contributed by atoms with Gasteiger partial charge in [0.1, 0.15) is 6.54 Å². The van der Waals surface area contributed by atoms with Crippen molar-refractivity contribution in [2.75, 3.05) is 5.32 Å². The number of hydrogen-bond acceptors (Lipinski definition) is 4. The summed E-state index contributed by atoms with van der Waals surface area (Å²) >= 11 is 0. The van der Waals surface area contributed by atoms with Crippen LogP contribution in [0.1, 0.15) is 10.4 Å². The Morgan fingerprint density at radius 1 is 1.28 bits per heavy atom. The monoisotopic (exact) mass is 246 g/mol. The van der Waals surface area contributed by atoms with Crippen molar-refractivity contribution >= 4 is 17.7 Å². The van der Waals surface area contributed by atoms with Crippen molar-refractivity contribution in [3.63, 3.8) is 0 Å². The summed E-state index contributed by atoms with van der Waals surface area (Å²) in [6, 6.07) is 8.63. The van der Waals surface area contributed by atoms with E-state index in [4.69, 9.17) is 5.11 Å². The Morgan fingerprint density at radius 3 is 2.67 bits per heavy atom. The number of benzene rings is 1. The molecule has 0 fully saturated rings. The maximum atomic E-state index is 11.7. The fourth-order valence-corrected chi connectivity index (χ4v) is 1.35. The van der Waals surface area contributed by atoms with Gasteiger partial charge >= 0.3 is 5.97 Å². The molecule has 92 valence electrons. The molecule has 0 spiro atoms.